The summed E-state index contributed by atoms with van der Waals surface area (Å²) in [5.41, 5.74) is 7.38. The van der Waals surface area contributed by atoms with Crippen LogP contribution in [-0.4, -0.2) is 12.7 Å². The number of hydrogen-bond acceptors (Lipinski definition) is 1. The van der Waals surface area contributed by atoms with Crippen molar-refractivity contribution in [1.29, 1.82) is 0 Å². The van der Waals surface area contributed by atoms with E-state index in [1.807, 2.05) is 31.2 Å². The third-order valence-corrected chi connectivity index (χ3v) is 1.96. The fourth-order valence-corrected chi connectivity index (χ4v) is 1.16. The Morgan fingerprint density at radius 2 is 2.08 bits per heavy atom. The van der Waals surface area contributed by atoms with Crippen molar-refractivity contribution >= 4 is 0 Å². The molecule has 1 nitrogen and oxygen atoms in total. The second kappa shape index (κ2) is 4.21. The van der Waals surface area contributed by atoms with Gasteiger partial charge in [-0.2, -0.15) is 0 Å². The van der Waals surface area contributed by atoms with Gasteiger partial charge in [-0.1, -0.05) is 24.3 Å². The van der Waals surface area contributed by atoms with E-state index in [-0.39, 0.29) is 6.54 Å². The molecule has 0 aliphatic heterocycles. The summed E-state index contributed by atoms with van der Waals surface area (Å²) in [4.78, 5) is 0. The first kappa shape index (κ1) is 9.20. The maximum Gasteiger partial charge on any atom is 0.116 e. The number of halogens is 1. The van der Waals surface area contributed by atoms with Crippen molar-refractivity contribution in [2.75, 3.05) is 6.54 Å². The molecule has 12 heavy (non-hydrogen) atoms. The number of nitrogens with two attached hydrogens (primary N) is 1. The predicted molar refractivity (Wildman–Crippen MR) is 48.8 cm³/mol. The zero-order valence-corrected chi connectivity index (χ0v) is 7.26. The van der Waals surface area contributed by atoms with Crippen LogP contribution >= 0.6 is 0 Å². The van der Waals surface area contributed by atoms with E-state index in [1.165, 1.54) is 0 Å². The largest absolute Gasteiger partial charge is 0.328 e. The van der Waals surface area contributed by atoms with Gasteiger partial charge in [-0.25, -0.2) is 4.39 Å². The molecule has 0 fully saturated rings. The molecule has 0 radical (unpaired) electrons. The lowest BCUT2D eigenvalue weighted by Crippen LogP contribution is -2.17. The highest BCUT2D eigenvalue weighted by molar-refractivity contribution is 5.26. The zero-order valence-electron chi connectivity index (χ0n) is 7.26. The van der Waals surface area contributed by atoms with Gasteiger partial charge in [0, 0.05) is 13.0 Å². The molecule has 0 unspecified atom stereocenters. The summed E-state index contributed by atoms with van der Waals surface area (Å²) in [5.74, 6) is 0. The highest BCUT2D eigenvalue weighted by Gasteiger charge is 2.05. The predicted octanol–water partition coefficient (Wildman–Crippen LogP) is 1.83. The first-order chi connectivity index (χ1) is 5.74. The van der Waals surface area contributed by atoms with Crippen molar-refractivity contribution in [2.24, 2.45) is 5.73 Å². The van der Waals surface area contributed by atoms with E-state index in [0.717, 1.165) is 11.1 Å². The fourth-order valence-electron chi connectivity index (χ4n) is 1.16. The maximum absolute atomic E-state index is 12.9. The van der Waals surface area contributed by atoms with Crippen molar-refractivity contribution in [2.45, 2.75) is 19.5 Å². The standard InChI is InChI=1S/C10H14FN/c1-8-4-2-3-5-9(8)6-10(11)7-12/h2-5,10H,6-7,12H2,1H3/t10-/m1/s1. The minimum absolute atomic E-state index is 0.105. The maximum atomic E-state index is 12.9. The molecule has 0 spiro atoms. The quantitative estimate of drug-likeness (QED) is 0.730. The number of rotatable bonds is 3. The molecule has 2 heteroatoms. The molecule has 0 bridgehead atoms. The van der Waals surface area contributed by atoms with Gasteiger partial charge in [0.05, 0.1) is 0 Å². The topological polar surface area (TPSA) is 26.0 Å². The van der Waals surface area contributed by atoms with Crippen LogP contribution in [0.25, 0.3) is 0 Å². The molecule has 1 aromatic rings. The smallest absolute Gasteiger partial charge is 0.116 e. The fraction of sp³-hybridized carbons (Fsp3) is 0.400. The summed E-state index contributed by atoms with van der Waals surface area (Å²) in [7, 11) is 0. The Kier molecular flexibility index (Phi) is 3.23. The van der Waals surface area contributed by atoms with E-state index >= 15 is 0 Å². The summed E-state index contributed by atoms with van der Waals surface area (Å²) in [6, 6.07) is 7.80. The molecular weight excluding hydrogens is 153 g/mol. The molecular formula is C10H14FN. The molecule has 0 aliphatic carbocycles. The zero-order chi connectivity index (χ0) is 8.97. The van der Waals surface area contributed by atoms with E-state index < -0.39 is 6.17 Å². The first-order valence-corrected chi connectivity index (χ1v) is 4.12. The van der Waals surface area contributed by atoms with Crippen LogP contribution in [0.5, 0.6) is 0 Å². The lowest BCUT2D eigenvalue weighted by molar-refractivity contribution is 0.340. The number of benzene rings is 1. The van der Waals surface area contributed by atoms with Crippen LogP contribution in [-0.2, 0) is 6.42 Å². The Morgan fingerprint density at radius 1 is 1.42 bits per heavy atom. The molecule has 0 saturated heterocycles. The van der Waals surface area contributed by atoms with Gasteiger partial charge >= 0.3 is 0 Å². The van der Waals surface area contributed by atoms with E-state index in [2.05, 4.69) is 0 Å². The summed E-state index contributed by atoms with van der Waals surface area (Å²) < 4.78 is 12.9. The SMILES string of the molecule is Cc1ccccc1C[C@@H](F)CN. The second-order valence-corrected chi connectivity index (χ2v) is 2.96. The van der Waals surface area contributed by atoms with E-state index in [9.17, 15) is 4.39 Å². The Bertz CT molecular complexity index is 247. The van der Waals surface area contributed by atoms with Gasteiger partial charge < -0.3 is 5.73 Å². The van der Waals surface area contributed by atoms with Gasteiger partial charge in [-0.3, -0.25) is 0 Å². The number of hydrogen-bond donors (Lipinski definition) is 1. The molecule has 1 rings (SSSR count). The van der Waals surface area contributed by atoms with Crippen molar-refractivity contribution in [1.82, 2.24) is 0 Å². The van der Waals surface area contributed by atoms with Gasteiger partial charge in [0.1, 0.15) is 6.17 Å². The second-order valence-electron chi connectivity index (χ2n) is 2.96. The van der Waals surface area contributed by atoms with Crippen molar-refractivity contribution in [3.8, 4) is 0 Å². The number of aryl methyl sites for hydroxylation is 1. The Balaban J connectivity index is 2.69. The molecule has 0 aliphatic rings. The van der Waals surface area contributed by atoms with Crippen LogP contribution in [0.1, 0.15) is 11.1 Å². The van der Waals surface area contributed by atoms with Crippen LogP contribution in [0.2, 0.25) is 0 Å². The Labute approximate surface area is 72.4 Å². The summed E-state index contributed by atoms with van der Waals surface area (Å²) >= 11 is 0. The first-order valence-electron chi connectivity index (χ1n) is 4.12. The summed E-state index contributed by atoms with van der Waals surface area (Å²) in [6.45, 7) is 2.09. The van der Waals surface area contributed by atoms with Crippen molar-refractivity contribution in [3.63, 3.8) is 0 Å². The van der Waals surface area contributed by atoms with E-state index in [1.54, 1.807) is 0 Å². The van der Waals surface area contributed by atoms with Crippen LogP contribution in [0.3, 0.4) is 0 Å². The molecule has 0 heterocycles. The summed E-state index contributed by atoms with van der Waals surface area (Å²) in [5, 5.41) is 0. The molecule has 66 valence electrons. The average molecular weight is 167 g/mol. The van der Waals surface area contributed by atoms with Crippen LogP contribution in [0, 0.1) is 6.92 Å². The van der Waals surface area contributed by atoms with Crippen LogP contribution in [0.4, 0.5) is 4.39 Å². The minimum atomic E-state index is -0.911. The molecule has 1 atom stereocenters. The van der Waals surface area contributed by atoms with Crippen LogP contribution in [0.15, 0.2) is 24.3 Å². The van der Waals surface area contributed by atoms with Crippen molar-refractivity contribution in [3.05, 3.63) is 35.4 Å². The van der Waals surface area contributed by atoms with Gasteiger partial charge in [0.25, 0.3) is 0 Å². The summed E-state index contributed by atoms with van der Waals surface area (Å²) in [6.07, 6.45) is -0.477. The van der Waals surface area contributed by atoms with Crippen molar-refractivity contribution < 1.29 is 4.39 Å². The third-order valence-electron chi connectivity index (χ3n) is 1.96. The van der Waals surface area contributed by atoms with Gasteiger partial charge in [0.15, 0.2) is 0 Å². The molecule has 0 saturated carbocycles. The van der Waals surface area contributed by atoms with Crippen LogP contribution < -0.4 is 5.73 Å². The monoisotopic (exact) mass is 167 g/mol. The molecule has 2 N–H and O–H groups in total. The highest BCUT2D eigenvalue weighted by Crippen LogP contribution is 2.10. The Morgan fingerprint density at radius 3 is 2.67 bits per heavy atom. The van der Waals surface area contributed by atoms with Gasteiger partial charge in [-0.05, 0) is 18.1 Å². The normalized spacial score (nSPS) is 12.9. The molecule has 0 aromatic heterocycles. The average Bonchev–Trinajstić information content (AvgIpc) is 2.09. The minimum Gasteiger partial charge on any atom is -0.328 e. The van der Waals surface area contributed by atoms with Gasteiger partial charge in [0.2, 0.25) is 0 Å². The van der Waals surface area contributed by atoms with E-state index in [4.69, 9.17) is 5.73 Å². The van der Waals surface area contributed by atoms with E-state index in [0.29, 0.717) is 6.42 Å². The molecule has 0 amide bonds. The molecule has 1 aromatic carbocycles. The highest BCUT2D eigenvalue weighted by atomic mass is 19.1. The Hall–Kier alpha value is -0.890. The third kappa shape index (κ3) is 2.31. The lowest BCUT2D eigenvalue weighted by atomic mass is 10.0. The lowest BCUT2D eigenvalue weighted by Gasteiger charge is -2.07. The number of alkyl halides is 1. The van der Waals surface area contributed by atoms with Gasteiger partial charge in [-0.15, -0.1) is 0 Å².